The van der Waals surface area contributed by atoms with Gasteiger partial charge in [0.1, 0.15) is 0 Å². The topological polar surface area (TPSA) is 72.6 Å². The SMILES string of the molecule is NCC1CCC(CC(=O)O)O1. The van der Waals surface area contributed by atoms with Crippen molar-refractivity contribution in [1.29, 1.82) is 0 Å². The number of ether oxygens (including phenoxy) is 1. The molecule has 4 nitrogen and oxygen atoms in total. The molecule has 1 aliphatic rings. The van der Waals surface area contributed by atoms with Gasteiger partial charge in [0.15, 0.2) is 0 Å². The molecule has 0 spiro atoms. The van der Waals surface area contributed by atoms with Crippen molar-refractivity contribution in [2.75, 3.05) is 6.54 Å². The molecule has 1 aliphatic heterocycles. The number of carbonyl (C=O) groups is 1. The molecule has 2 unspecified atom stereocenters. The van der Waals surface area contributed by atoms with Gasteiger partial charge in [-0.25, -0.2) is 0 Å². The molecule has 0 aromatic carbocycles. The van der Waals surface area contributed by atoms with Crippen molar-refractivity contribution < 1.29 is 14.6 Å². The number of hydrogen-bond acceptors (Lipinski definition) is 3. The molecule has 4 heteroatoms. The third-order valence-electron chi connectivity index (χ3n) is 1.86. The van der Waals surface area contributed by atoms with Gasteiger partial charge in [-0.3, -0.25) is 4.79 Å². The van der Waals surface area contributed by atoms with Gasteiger partial charge >= 0.3 is 5.97 Å². The zero-order valence-corrected chi connectivity index (χ0v) is 6.32. The van der Waals surface area contributed by atoms with Crippen LogP contribution in [0.3, 0.4) is 0 Å². The van der Waals surface area contributed by atoms with Crippen LogP contribution >= 0.6 is 0 Å². The van der Waals surface area contributed by atoms with E-state index in [0.29, 0.717) is 6.54 Å². The van der Waals surface area contributed by atoms with Gasteiger partial charge in [0.25, 0.3) is 0 Å². The summed E-state index contributed by atoms with van der Waals surface area (Å²) in [6.45, 7) is 0.496. The van der Waals surface area contributed by atoms with E-state index < -0.39 is 5.97 Å². The lowest BCUT2D eigenvalue weighted by Crippen LogP contribution is -2.21. The molecule has 3 N–H and O–H groups in total. The average Bonchev–Trinajstić information content (AvgIpc) is 2.34. The van der Waals surface area contributed by atoms with Gasteiger partial charge < -0.3 is 15.6 Å². The largest absolute Gasteiger partial charge is 0.481 e. The van der Waals surface area contributed by atoms with Crippen LogP contribution in [0.25, 0.3) is 0 Å². The fourth-order valence-electron chi connectivity index (χ4n) is 1.30. The highest BCUT2D eigenvalue weighted by atomic mass is 16.5. The Labute approximate surface area is 65.3 Å². The van der Waals surface area contributed by atoms with Crippen molar-refractivity contribution in [3.63, 3.8) is 0 Å². The molecule has 0 aromatic rings. The molecule has 1 heterocycles. The van der Waals surface area contributed by atoms with E-state index in [1.807, 2.05) is 0 Å². The van der Waals surface area contributed by atoms with Crippen LogP contribution in [-0.4, -0.2) is 29.8 Å². The first kappa shape index (κ1) is 8.49. The highest BCUT2D eigenvalue weighted by molar-refractivity contribution is 5.67. The zero-order chi connectivity index (χ0) is 8.27. The summed E-state index contributed by atoms with van der Waals surface area (Å²) in [5.74, 6) is -0.798. The lowest BCUT2D eigenvalue weighted by Gasteiger charge is -2.08. The predicted molar refractivity (Wildman–Crippen MR) is 39.2 cm³/mol. The van der Waals surface area contributed by atoms with Crippen molar-refractivity contribution in [3.05, 3.63) is 0 Å². The van der Waals surface area contributed by atoms with Crippen LogP contribution in [0.1, 0.15) is 19.3 Å². The highest BCUT2D eigenvalue weighted by Gasteiger charge is 2.25. The molecule has 11 heavy (non-hydrogen) atoms. The first-order chi connectivity index (χ1) is 5.22. The smallest absolute Gasteiger partial charge is 0.305 e. The fraction of sp³-hybridized carbons (Fsp3) is 0.857. The molecule has 1 saturated heterocycles. The second kappa shape index (κ2) is 3.69. The molecule has 0 radical (unpaired) electrons. The predicted octanol–water partition coefficient (Wildman–Crippen LogP) is -0.0326. The maximum absolute atomic E-state index is 10.2. The standard InChI is InChI=1S/C7H13NO3/c8-4-6-2-1-5(11-6)3-7(9)10/h5-6H,1-4,8H2,(H,9,10). The molecule has 0 bridgehead atoms. The molecule has 64 valence electrons. The van der Waals surface area contributed by atoms with Crippen molar-refractivity contribution in [2.45, 2.75) is 31.5 Å². The first-order valence-electron chi connectivity index (χ1n) is 3.79. The van der Waals surface area contributed by atoms with Crippen molar-refractivity contribution in [1.82, 2.24) is 0 Å². The van der Waals surface area contributed by atoms with Crippen molar-refractivity contribution >= 4 is 5.97 Å². The molecule has 0 aliphatic carbocycles. The number of rotatable bonds is 3. The molecule has 0 aromatic heterocycles. The van der Waals surface area contributed by atoms with Gasteiger partial charge in [-0.1, -0.05) is 0 Å². The van der Waals surface area contributed by atoms with E-state index in [9.17, 15) is 4.79 Å². The maximum Gasteiger partial charge on any atom is 0.305 e. The lowest BCUT2D eigenvalue weighted by molar-refractivity contribution is -0.139. The molecule has 1 rings (SSSR count). The van der Waals surface area contributed by atoms with E-state index in [0.717, 1.165) is 12.8 Å². The summed E-state index contributed by atoms with van der Waals surface area (Å²) < 4.78 is 5.32. The van der Waals surface area contributed by atoms with E-state index in [1.165, 1.54) is 0 Å². The number of hydrogen-bond donors (Lipinski definition) is 2. The van der Waals surface area contributed by atoms with Crippen LogP contribution < -0.4 is 5.73 Å². The Kier molecular flexibility index (Phi) is 2.84. The normalized spacial score (nSPS) is 30.6. The average molecular weight is 159 g/mol. The van der Waals surface area contributed by atoms with Crippen LogP contribution in [0, 0.1) is 0 Å². The minimum absolute atomic E-state index is 0.0827. The van der Waals surface area contributed by atoms with Gasteiger partial charge in [0, 0.05) is 6.54 Å². The summed E-state index contributed by atoms with van der Waals surface area (Å²) in [6.07, 6.45) is 1.81. The highest BCUT2D eigenvalue weighted by Crippen LogP contribution is 2.20. The summed E-state index contributed by atoms with van der Waals surface area (Å²) >= 11 is 0. The van der Waals surface area contributed by atoms with Gasteiger partial charge in [-0.15, -0.1) is 0 Å². The number of carboxylic acids is 1. The minimum atomic E-state index is -0.798. The van der Waals surface area contributed by atoms with E-state index in [4.69, 9.17) is 15.6 Å². The summed E-state index contributed by atoms with van der Waals surface area (Å²) in [4.78, 5) is 10.2. The minimum Gasteiger partial charge on any atom is -0.481 e. The van der Waals surface area contributed by atoms with E-state index in [1.54, 1.807) is 0 Å². The number of aliphatic carboxylic acids is 1. The quantitative estimate of drug-likeness (QED) is 0.606. The summed E-state index contributed by atoms with van der Waals surface area (Å²) in [7, 11) is 0. The van der Waals surface area contributed by atoms with Crippen molar-refractivity contribution in [2.24, 2.45) is 5.73 Å². The van der Waals surface area contributed by atoms with Gasteiger partial charge in [-0.05, 0) is 12.8 Å². The molecule has 0 amide bonds. The van der Waals surface area contributed by atoms with Crippen molar-refractivity contribution in [3.8, 4) is 0 Å². The Hall–Kier alpha value is -0.610. The van der Waals surface area contributed by atoms with E-state index >= 15 is 0 Å². The molecule has 2 atom stereocenters. The second-order valence-corrected chi connectivity index (χ2v) is 2.79. The van der Waals surface area contributed by atoms with Crippen LogP contribution in [0.5, 0.6) is 0 Å². The zero-order valence-electron chi connectivity index (χ0n) is 6.32. The summed E-state index contributed by atoms with van der Waals surface area (Å²) in [6, 6.07) is 0. The Morgan fingerprint density at radius 3 is 2.64 bits per heavy atom. The van der Waals surface area contributed by atoms with Crippen LogP contribution in [-0.2, 0) is 9.53 Å². The Morgan fingerprint density at radius 1 is 1.55 bits per heavy atom. The third-order valence-corrected chi connectivity index (χ3v) is 1.86. The van der Waals surface area contributed by atoms with E-state index in [-0.39, 0.29) is 18.6 Å². The molecular formula is C7H13NO3. The first-order valence-corrected chi connectivity index (χ1v) is 3.79. The summed E-state index contributed by atoms with van der Waals surface area (Å²) in [5.41, 5.74) is 5.35. The monoisotopic (exact) mass is 159 g/mol. The number of carboxylic acid groups (broad SMARTS) is 1. The van der Waals surface area contributed by atoms with Crippen LogP contribution in [0.2, 0.25) is 0 Å². The van der Waals surface area contributed by atoms with E-state index in [2.05, 4.69) is 0 Å². The molecule has 0 saturated carbocycles. The van der Waals surface area contributed by atoms with Crippen LogP contribution in [0.15, 0.2) is 0 Å². The van der Waals surface area contributed by atoms with Gasteiger partial charge in [-0.2, -0.15) is 0 Å². The summed E-state index contributed by atoms with van der Waals surface area (Å²) in [5, 5.41) is 8.42. The molecular weight excluding hydrogens is 146 g/mol. The maximum atomic E-state index is 10.2. The Morgan fingerprint density at radius 2 is 2.18 bits per heavy atom. The Balaban J connectivity index is 2.24. The lowest BCUT2D eigenvalue weighted by atomic mass is 10.1. The molecule has 1 fully saturated rings. The Bertz CT molecular complexity index is 149. The van der Waals surface area contributed by atoms with Gasteiger partial charge in [0.05, 0.1) is 18.6 Å². The fourth-order valence-corrected chi connectivity index (χ4v) is 1.30. The third kappa shape index (κ3) is 2.48. The number of nitrogens with two attached hydrogens (primary N) is 1. The van der Waals surface area contributed by atoms with Gasteiger partial charge in [0.2, 0.25) is 0 Å². The second-order valence-electron chi connectivity index (χ2n) is 2.79. The van der Waals surface area contributed by atoms with Crippen LogP contribution in [0.4, 0.5) is 0 Å².